The summed E-state index contributed by atoms with van der Waals surface area (Å²) in [6.45, 7) is 0.708. The molecule has 0 saturated carbocycles. The number of aliphatic hydroxyl groups excluding tert-OH is 1. The van der Waals surface area contributed by atoms with Gasteiger partial charge in [0.2, 0.25) is 0 Å². The van der Waals surface area contributed by atoms with Crippen molar-refractivity contribution in [1.29, 1.82) is 0 Å². The number of halogens is 5. The first-order chi connectivity index (χ1) is 36.8. The Bertz CT molecular complexity index is 3360. The number of aliphatic hydroxyl groups is 1. The summed E-state index contributed by atoms with van der Waals surface area (Å²) in [5, 5.41) is 30.7. The SMILES string of the molecule is BrB(Br)Br.ClCCl.O=C(NCc1cccc(Sc2cccc(CO)c2)c1)c1ccc2c(c1)NC(=O)c1ccccc1O2.O=C(NCc1cccc(Sc2cccc(O)c2)c1)c1ccc2c(c1)NC(=O)c1ccccc1O2. The Morgan fingerprint density at radius 2 is 0.895 bits per heavy atom. The average molecular weight is 1290 g/mol. The maximum absolute atomic E-state index is 12.8. The number of alkyl halides is 2. The van der Waals surface area contributed by atoms with Crippen LogP contribution in [-0.4, -0.2) is 42.4 Å². The number of nitrogens with one attached hydrogen (secondary N) is 4. The second-order valence-corrected chi connectivity index (χ2v) is 25.6. The third kappa shape index (κ3) is 16.9. The number of anilines is 2. The van der Waals surface area contributed by atoms with Crippen molar-refractivity contribution in [1.82, 2.24) is 10.6 Å². The Morgan fingerprint density at radius 1 is 0.513 bits per heavy atom. The third-order valence-electron chi connectivity index (χ3n) is 10.8. The van der Waals surface area contributed by atoms with Crippen molar-refractivity contribution in [2.75, 3.05) is 16.0 Å². The van der Waals surface area contributed by atoms with E-state index < -0.39 is 0 Å². The van der Waals surface area contributed by atoms with Gasteiger partial charge in [0.05, 0.1) is 34.4 Å². The topological polar surface area (TPSA) is 175 Å². The molecule has 0 bridgehead atoms. The molecule has 8 aromatic carbocycles. The van der Waals surface area contributed by atoms with Crippen molar-refractivity contribution in [3.05, 3.63) is 221 Å². The van der Waals surface area contributed by atoms with Crippen molar-refractivity contribution < 1.29 is 38.9 Å². The molecular formula is C56H44BBr3Cl2N4O8S2. The number of benzene rings is 8. The molecule has 0 radical (unpaired) electrons. The molecule has 6 N–H and O–H groups in total. The normalized spacial score (nSPS) is 11.4. The van der Waals surface area contributed by atoms with E-state index in [4.69, 9.17) is 32.7 Å². The van der Waals surface area contributed by atoms with Crippen molar-refractivity contribution in [2.24, 2.45) is 0 Å². The number of phenolic OH excluding ortho intramolecular Hbond substituents is 1. The summed E-state index contributed by atoms with van der Waals surface area (Å²) < 4.78 is 12.0. The Kier molecular flexibility index (Phi) is 21.8. The van der Waals surface area contributed by atoms with Gasteiger partial charge in [-0.2, -0.15) is 0 Å². The zero-order valence-corrected chi connectivity index (χ0v) is 47.7. The van der Waals surface area contributed by atoms with Crippen molar-refractivity contribution >= 4 is 132 Å². The van der Waals surface area contributed by atoms with Gasteiger partial charge in [0.1, 0.15) is 17.2 Å². The van der Waals surface area contributed by atoms with Gasteiger partial charge in [-0.15, -0.1) is 70.5 Å². The summed E-state index contributed by atoms with van der Waals surface area (Å²) in [7, 11) is 0. The van der Waals surface area contributed by atoms with Crippen LogP contribution in [-0.2, 0) is 19.7 Å². The number of para-hydroxylation sites is 2. The molecule has 2 heterocycles. The largest absolute Gasteiger partial charge is 0.508 e. The predicted octanol–water partition coefficient (Wildman–Crippen LogP) is 15.0. The number of aromatic hydroxyl groups is 1. The predicted molar refractivity (Wildman–Crippen MR) is 315 cm³/mol. The number of carbonyl (C=O) groups excluding carboxylic acids is 4. The first-order valence-electron chi connectivity index (χ1n) is 22.9. The molecule has 0 aromatic heterocycles. The van der Waals surface area contributed by atoms with E-state index in [2.05, 4.69) is 68.5 Å². The lowest BCUT2D eigenvalue weighted by Gasteiger charge is -2.11. The molecule has 0 spiro atoms. The number of carbonyl (C=O) groups is 4. The minimum absolute atomic E-state index is 0.00586. The molecule has 4 amide bonds. The van der Waals surface area contributed by atoms with Gasteiger partial charge in [0.15, 0.2) is 11.5 Å². The molecule has 386 valence electrons. The number of amides is 4. The lowest BCUT2D eigenvalue weighted by molar-refractivity contribution is 0.0943. The third-order valence-corrected chi connectivity index (χ3v) is 12.7. The van der Waals surface area contributed by atoms with Gasteiger partial charge in [-0.3, -0.25) is 19.2 Å². The molecule has 0 atom stereocenters. The van der Waals surface area contributed by atoms with Gasteiger partial charge >= 0.3 is 3.18 Å². The second-order valence-electron chi connectivity index (χ2n) is 16.0. The minimum atomic E-state index is -0.284. The fraction of sp³-hybridized carbons (Fsp3) is 0.0714. The molecule has 0 unspecified atom stereocenters. The lowest BCUT2D eigenvalue weighted by atomic mass is 10.1. The summed E-state index contributed by atoms with van der Waals surface area (Å²) in [4.78, 5) is 54.7. The highest BCUT2D eigenvalue weighted by Crippen LogP contribution is 2.38. The Hall–Kier alpha value is -6.22. The van der Waals surface area contributed by atoms with Crippen LogP contribution in [0.1, 0.15) is 58.1 Å². The Labute approximate surface area is 482 Å². The molecule has 8 aromatic rings. The number of phenols is 1. The molecule has 20 heteroatoms. The van der Waals surface area contributed by atoms with Crippen LogP contribution in [0.2, 0.25) is 0 Å². The van der Waals surface area contributed by atoms with E-state index in [0.717, 1.165) is 36.3 Å². The standard InChI is InChI=1S/C28H22N2O4S.C27H20N2O4S.CH2Cl2.BBr3/c31-17-19-6-4-8-22(14-19)35-21-7-3-5-18(13-21)16-29-27(32)20-11-12-26-24(15-20)30-28(33)23-9-1-2-10-25(23)34-26;30-19-6-4-8-21(15-19)34-20-7-3-5-17(13-20)16-28-26(31)18-11-12-25-23(14-18)29-27(32)22-9-1-2-10-24(22)33-25;2-1-3;2-1(3)4/h1-15,31H,16-17H2,(H,29,32)(H,30,33);1-15,30H,16H2,(H,28,31)(H,29,32);1H2;. The van der Waals surface area contributed by atoms with E-state index in [1.807, 2.05) is 78.9 Å². The van der Waals surface area contributed by atoms with E-state index >= 15 is 0 Å². The van der Waals surface area contributed by atoms with Crippen LogP contribution in [0.5, 0.6) is 28.7 Å². The van der Waals surface area contributed by atoms with Crippen LogP contribution < -0.4 is 30.7 Å². The number of ether oxygens (including phenoxy) is 2. The molecule has 2 aliphatic heterocycles. The highest BCUT2D eigenvalue weighted by atomic mass is 79.9. The number of fused-ring (bicyclic) bond motifs is 4. The molecule has 0 fully saturated rings. The zero-order valence-electron chi connectivity index (χ0n) is 39.8. The molecule has 0 aliphatic carbocycles. The lowest BCUT2D eigenvalue weighted by Crippen LogP contribution is -2.23. The van der Waals surface area contributed by atoms with Crippen molar-refractivity contribution in [3.8, 4) is 28.7 Å². The smallest absolute Gasteiger partial charge is 0.369 e. The summed E-state index contributed by atoms with van der Waals surface area (Å²) >= 11 is 22.0. The summed E-state index contributed by atoms with van der Waals surface area (Å²) in [5.41, 5.74) is 5.38. The van der Waals surface area contributed by atoms with Gasteiger partial charge < -0.3 is 41.0 Å². The molecule has 12 nitrogen and oxygen atoms in total. The zero-order chi connectivity index (χ0) is 54.0. The van der Waals surface area contributed by atoms with Crippen LogP contribution in [0.3, 0.4) is 0 Å². The van der Waals surface area contributed by atoms with Crippen molar-refractivity contribution in [2.45, 2.75) is 39.3 Å². The molecular weight excluding hydrogens is 1240 g/mol. The van der Waals surface area contributed by atoms with E-state index in [9.17, 15) is 29.4 Å². The van der Waals surface area contributed by atoms with Gasteiger partial charge in [-0.1, -0.05) is 90.3 Å². The van der Waals surface area contributed by atoms with Crippen LogP contribution in [0.25, 0.3) is 0 Å². The fourth-order valence-electron chi connectivity index (χ4n) is 7.35. The van der Waals surface area contributed by atoms with Crippen molar-refractivity contribution in [3.63, 3.8) is 0 Å². The monoisotopic (exact) mass is 1280 g/mol. The average Bonchev–Trinajstić information content (AvgIpc) is 3.65. The summed E-state index contributed by atoms with van der Waals surface area (Å²) in [6.07, 6.45) is 0. The highest BCUT2D eigenvalue weighted by molar-refractivity contribution is 9.69. The van der Waals surface area contributed by atoms with Crippen LogP contribution in [0.15, 0.2) is 202 Å². The van der Waals surface area contributed by atoms with Gasteiger partial charge in [0, 0.05) is 43.8 Å². The first kappa shape index (κ1) is 57.5. The van der Waals surface area contributed by atoms with E-state index in [1.165, 1.54) is 11.8 Å². The van der Waals surface area contributed by atoms with Gasteiger partial charge in [0.25, 0.3) is 23.6 Å². The number of hydrogen-bond donors (Lipinski definition) is 6. The Balaban J connectivity index is 0.000000197. The fourth-order valence-corrected chi connectivity index (χ4v) is 9.29. The van der Waals surface area contributed by atoms with Gasteiger partial charge in [-0.25, -0.2) is 0 Å². The number of hydrogen-bond acceptors (Lipinski definition) is 10. The van der Waals surface area contributed by atoms with Crippen LogP contribution in [0.4, 0.5) is 11.4 Å². The second kappa shape index (κ2) is 28.8. The molecule has 2 aliphatic rings. The molecule has 0 saturated heterocycles. The summed E-state index contributed by atoms with van der Waals surface area (Å²) in [5.74, 6) is 1.05. The van der Waals surface area contributed by atoms with Crippen LogP contribution in [0, 0.1) is 0 Å². The van der Waals surface area contributed by atoms with E-state index in [0.29, 0.717) is 69.7 Å². The van der Waals surface area contributed by atoms with E-state index in [1.54, 1.807) is 115 Å². The molecule has 10 rings (SSSR count). The number of rotatable bonds is 11. The minimum Gasteiger partial charge on any atom is -0.508 e. The quantitative estimate of drug-likeness (QED) is 0.0540. The van der Waals surface area contributed by atoms with Crippen LogP contribution >= 0.6 is 94.0 Å². The molecule has 76 heavy (non-hydrogen) atoms. The van der Waals surface area contributed by atoms with E-state index in [-0.39, 0.29) is 44.5 Å². The maximum atomic E-state index is 12.8. The maximum Gasteiger partial charge on any atom is 0.369 e. The highest BCUT2D eigenvalue weighted by Gasteiger charge is 2.23. The van der Waals surface area contributed by atoms with Gasteiger partial charge in [-0.05, 0) is 132 Å². The first-order valence-corrected chi connectivity index (χ1v) is 28.3. The Morgan fingerprint density at radius 3 is 1.32 bits per heavy atom. The summed E-state index contributed by atoms with van der Waals surface area (Å²) in [6, 6.07) is 54.6.